The van der Waals surface area contributed by atoms with Gasteiger partial charge in [0.2, 0.25) is 5.91 Å². The number of anilines is 2. The van der Waals surface area contributed by atoms with E-state index in [-0.39, 0.29) is 18.0 Å². The summed E-state index contributed by atoms with van der Waals surface area (Å²) in [4.78, 5) is 27.7. The highest BCUT2D eigenvalue weighted by atomic mass is 16.2. The van der Waals surface area contributed by atoms with E-state index in [0.29, 0.717) is 6.54 Å². The Kier molecular flexibility index (Phi) is 5.70. The van der Waals surface area contributed by atoms with Gasteiger partial charge in [0.15, 0.2) is 0 Å². The number of benzene rings is 1. The molecule has 0 unspecified atom stereocenters. The van der Waals surface area contributed by atoms with Gasteiger partial charge >= 0.3 is 6.03 Å². The molecule has 1 aliphatic heterocycles. The van der Waals surface area contributed by atoms with Crippen LogP contribution in [0.2, 0.25) is 0 Å². The average molecular weight is 332 g/mol. The molecule has 2 rings (SSSR count). The zero-order valence-corrected chi connectivity index (χ0v) is 15.3. The molecule has 1 fully saturated rings. The van der Waals surface area contributed by atoms with Crippen LogP contribution in [0.25, 0.3) is 0 Å². The van der Waals surface area contributed by atoms with E-state index in [0.717, 1.165) is 41.9 Å². The lowest BCUT2D eigenvalue weighted by Gasteiger charge is -2.33. The van der Waals surface area contributed by atoms with Crippen LogP contribution in [0.15, 0.2) is 12.1 Å². The van der Waals surface area contributed by atoms with Crippen molar-refractivity contribution in [2.24, 2.45) is 0 Å². The van der Waals surface area contributed by atoms with E-state index in [2.05, 4.69) is 22.8 Å². The largest absolute Gasteiger partial charge is 0.378 e. The summed E-state index contributed by atoms with van der Waals surface area (Å²) < 4.78 is 0. The minimum atomic E-state index is -0.103. The van der Waals surface area contributed by atoms with Gasteiger partial charge in [0, 0.05) is 51.5 Å². The van der Waals surface area contributed by atoms with E-state index < -0.39 is 0 Å². The van der Waals surface area contributed by atoms with Crippen LogP contribution in [-0.4, -0.2) is 50.1 Å². The lowest BCUT2D eigenvalue weighted by molar-refractivity contribution is -0.119. The van der Waals surface area contributed by atoms with Crippen molar-refractivity contribution in [2.45, 2.75) is 39.7 Å². The predicted octanol–water partition coefficient (Wildman–Crippen LogP) is 2.50. The molecule has 0 aromatic heterocycles. The Bertz CT molecular complexity index is 604. The van der Waals surface area contributed by atoms with Gasteiger partial charge in [0.05, 0.1) is 0 Å². The van der Waals surface area contributed by atoms with Crippen molar-refractivity contribution in [1.82, 2.24) is 10.2 Å². The first-order valence-corrected chi connectivity index (χ1v) is 8.39. The molecule has 0 aliphatic carbocycles. The molecule has 24 heavy (non-hydrogen) atoms. The Morgan fingerprint density at radius 1 is 1.21 bits per heavy atom. The summed E-state index contributed by atoms with van der Waals surface area (Å²) in [6.45, 7) is 6.80. The Labute approximate surface area is 144 Å². The number of carbonyl (C=O) groups is 2. The summed E-state index contributed by atoms with van der Waals surface area (Å²) >= 11 is 0. The van der Waals surface area contributed by atoms with Crippen LogP contribution >= 0.6 is 0 Å². The molecular formula is C18H28N4O2. The van der Waals surface area contributed by atoms with Crippen LogP contribution in [0.1, 0.15) is 30.9 Å². The summed E-state index contributed by atoms with van der Waals surface area (Å²) in [6.07, 6.45) is 1.81. The molecule has 6 nitrogen and oxygen atoms in total. The fourth-order valence-electron chi connectivity index (χ4n) is 3.15. The molecule has 1 heterocycles. The van der Waals surface area contributed by atoms with Crippen molar-refractivity contribution in [3.8, 4) is 0 Å². The minimum absolute atomic E-state index is 0.0420. The Morgan fingerprint density at radius 3 is 2.38 bits per heavy atom. The number of rotatable bonds is 3. The van der Waals surface area contributed by atoms with Gasteiger partial charge in [-0.2, -0.15) is 0 Å². The molecular weight excluding hydrogens is 304 g/mol. The van der Waals surface area contributed by atoms with E-state index in [4.69, 9.17) is 0 Å². The third-order valence-electron chi connectivity index (χ3n) is 4.38. The van der Waals surface area contributed by atoms with E-state index in [1.54, 1.807) is 4.90 Å². The molecule has 1 aromatic carbocycles. The monoisotopic (exact) mass is 332 g/mol. The van der Waals surface area contributed by atoms with Crippen molar-refractivity contribution >= 4 is 23.3 Å². The molecule has 0 bridgehead atoms. The third kappa shape index (κ3) is 4.40. The highest BCUT2D eigenvalue weighted by Crippen LogP contribution is 2.26. The number of carbonyl (C=O) groups excluding carboxylic acids is 2. The van der Waals surface area contributed by atoms with Gasteiger partial charge in [-0.25, -0.2) is 4.79 Å². The average Bonchev–Trinajstić information content (AvgIpc) is 2.50. The number of likely N-dealkylation sites (tertiary alicyclic amines) is 1. The number of hydrogen-bond acceptors (Lipinski definition) is 3. The second-order valence-corrected chi connectivity index (χ2v) is 6.76. The van der Waals surface area contributed by atoms with Crippen LogP contribution < -0.4 is 15.5 Å². The molecule has 1 aromatic rings. The topological polar surface area (TPSA) is 64.7 Å². The smallest absolute Gasteiger partial charge is 0.321 e. The maximum Gasteiger partial charge on any atom is 0.321 e. The summed E-state index contributed by atoms with van der Waals surface area (Å²) in [6, 6.07) is 4.08. The number of aryl methyl sites for hydroxylation is 2. The Hall–Kier alpha value is -2.24. The van der Waals surface area contributed by atoms with E-state index in [9.17, 15) is 9.59 Å². The van der Waals surface area contributed by atoms with Gasteiger partial charge in [0.1, 0.15) is 0 Å². The molecule has 0 radical (unpaired) electrons. The van der Waals surface area contributed by atoms with E-state index in [1.807, 2.05) is 32.8 Å². The van der Waals surface area contributed by atoms with Crippen molar-refractivity contribution in [1.29, 1.82) is 0 Å². The number of amides is 3. The SMILES string of the molecule is CC(=O)N[C@@H]1CCCN(C(=O)Nc2c(C)cc(N(C)C)cc2C)C1. The van der Waals surface area contributed by atoms with Gasteiger partial charge in [-0.1, -0.05) is 0 Å². The van der Waals surface area contributed by atoms with Gasteiger partial charge in [0.25, 0.3) is 0 Å². The first-order valence-electron chi connectivity index (χ1n) is 8.39. The fraction of sp³-hybridized carbons (Fsp3) is 0.556. The van der Waals surface area contributed by atoms with Crippen molar-refractivity contribution < 1.29 is 9.59 Å². The second kappa shape index (κ2) is 7.55. The lowest BCUT2D eigenvalue weighted by Crippen LogP contribution is -2.50. The van der Waals surface area contributed by atoms with Gasteiger partial charge in [-0.05, 0) is 49.9 Å². The minimum Gasteiger partial charge on any atom is -0.378 e. The molecule has 3 amide bonds. The number of nitrogens with one attached hydrogen (secondary N) is 2. The van der Waals surface area contributed by atoms with E-state index in [1.165, 1.54) is 6.92 Å². The molecule has 1 aliphatic rings. The first-order chi connectivity index (χ1) is 11.3. The number of nitrogens with zero attached hydrogens (tertiary/aromatic N) is 2. The molecule has 0 saturated carbocycles. The van der Waals surface area contributed by atoms with Crippen LogP contribution in [0, 0.1) is 13.8 Å². The second-order valence-electron chi connectivity index (χ2n) is 6.76. The number of urea groups is 1. The normalized spacial score (nSPS) is 17.4. The summed E-state index contributed by atoms with van der Waals surface area (Å²) in [7, 11) is 4.00. The summed E-state index contributed by atoms with van der Waals surface area (Å²) in [5, 5.41) is 5.95. The zero-order chi connectivity index (χ0) is 17.9. The third-order valence-corrected chi connectivity index (χ3v) is 4.38. The lowest BCUT2D eigenvalue weighted by atomic mass is 10.1. The summed E-state index contributed by atoms with van der Waals surface area (Å²) in [5.74, 6) is -0.0479. The van der Waals surface area contributed by atoms with Crippen LogP contribution in [0.5, 0.6) is 0 Å². The van der Waals surface area contributed by atoms with Crippen molar-refractivity contribution in [3.05, 3.63) is 23.3 Å². The standard InChI is InChI=1S/C18H28N4O2/c1-12-9-16(21(4)5)10-13(2)17(12)20-18(24)22-8-6-7-15(11-22)19-14(3)23/h9-10,15H,6-8,11H2,1-5H3,(H,19,23)(H,20,24)/t15-/m1/s1. The van der Waals surface area contributed by atoms with Gasteiger partial charge in [-0.15, -0.1) is 0 Å². The molecule has 6 heteroatoms. The Balaban J connectivity index is 2.08. The summed E-state index contributed by atoms with van der Waals surface area (Å²) in [5.41, 5.74) is 4.07. The number of hydrogen-bond donors (Lipinski definition) is 2. The van der Waals surface area contributed by atoms with Gasteiger partial charge in [-0.3, -0.25) is 4.79 Å². The maximum atomic E-state index is 12.6. The highest BCUT2D eigenvalue weighted by Gasteiger charge is 2.24. The predicted molar refractivity (Wildman–Crippen MR) is 97.7 cm³/mol. The van der Waals surface area contributed by atoms with Crippen LogP contribution in [-0.2, 0) is 4.79 Å². The van der Waals surface area contributed by atoms with Crippen molar-refractivity contribution in [2.75, 3.05) is 37.4 Å². The molecule has 132 valence electrons. The highest BCUT2D eigenvalue weighted by molar-refractivity contribution is 5.91. The fourth-order valence-corrected chi connectivity index (χ4v) is 3.15. The first kappa shape index (κ1) is 18.1. The molecule has 2 N–H and O–H groups in total. The zero-order valence-electron chi connectivity index (χ0n) is 15.3. The van der Waals surface area contributed by atoms with Gasteiger partial charge < -0.3 is 20.4 Å². The van der Waals surface area contributed by atoms with Crippen LogP contribution in [0.3, 0.4) is 0 Å². The van der Waals surface area contributed by atoms with Crippen molar-refractivity contribution in [3.63, 3.8) is 0 Å². The van der Waals surface area contributed by atoms with E-state index >= 15 is 0 Å². The molecule has 0 spiro atoms. The molecule has 1 saturated heterocycles. The molecule has 1 atom stereocenters. The Morgan fingerprint density at radius 2 is 1.83 bits per heavy atom. The quantitative estimate of drug-likeness (QED) is 0.894. The van der Waals surface area contributed by atoms with Crippen LogP contribution in [0.4, 0.5) is 16.2 Å². The number of piperidine rings is 1. The maximum absolute atomic E-state index is 12.6.